The summed E-state index contributed by atoms with van der Waals surface area (Å²) in [5, 5.41) is 9.01. The highest BCUT2D eigenvalue weighted by Crippen LogP contribution is 2.24. The number of nitrogens with one attached hydrogen (secondary N) is 1. The van der Waals surface area contributed by atoms with Crippen molar-refractivity contribution in [1.82, 2.24) is 4.72 Å². The Kier molecular flexibility index (Phi) is 4.36. The van der Waals surface area contributed by atoms with Crippen molar-refractivity contribution in [3.05, 3.63) is 29.3 Å². The Labute approximate surface area is 124 Å². The lowest BCUT2D eigenvalue weighted by atomic mass is 9.94. The van der Waals surface area contributed by atoms with Gasteiger partial charge in [0, 0.05) is 18.8 Å². The van der Waals surface area contributed by atoms with E-state index in [-0.39, 0.29) is 10.5 Å². The lowest BCUT2D eigenvalue weighted by molar-refractivity contribution is 0.0537. The first kappa shape index (κ1) is 15.9. The molecule has 2 N–H and O–H groups in total. The molecule has 1 aromatic carbocycles. The molecule has 7 heteroatoms. The lowest BCUT2D eigenvalue weighted by Gasteiger charge is -2.34. The number of sulfonamides is 1. The van der Waals surface area contributed by atoms with Gasteiger partial charge in [0.2, 0.25) is 10.0 Å². The summed E-state index contributed by atoms with van der Waals surface area (Å²) in [5.41, 5.74) is -0.0933. The minimum absolute atomic E-state index is 0.00937. The molecule has 0 aromatic heterocycles. The van der Waals surface area contributed by atoms with Crippen molar-refractivity contribution in [3.63, 3.8) is 0 Å². The first-order chi connectivity index (χ1) is 9.73. The summed E-state index contributed by atoms with van der Waals surface area (Å²) in [7, 11) is -3.77. The third kappa shape index (κ3) is 3.61. The van der Waals surface area contributed by atoms with E-state index >= 15 is 0 Å². The number of aromatic carboxylic acids is 1. The van der Waals surface area contributed by atoms with Gasteiger partial charge in [0.25, 0.3) is 0 Å². The second-order valence-electron chi connectivity index (χ2n) is 5.56. The maximum absolute atomic E-state index is 12.6. The zero-order valence-corrected chi connectivity index (χ0v) is 12.9. The van der Waals surface area contributed by atoms with Crippen molar-refractivity contribution in [3.8, 4) is 0 Å². The van der Waals surface area contributed by atoms with Crippen molar-refractivity contribution in [2.45, 2.75) is 37.1 Å². The Balaban J connectivity index is 2.35. The number of aryl methyl sites for hydroxylation is 1. The molecule has 0 atom stereocenters. The van der Waals surface area contributed by atoms with Crippen molar-refractivity contribution in [1.29, 1.82) is 0 Å². The molecule has 6 nitrogen and oxygen atoms in total. The molecule has 1 aliphatic heterocycles. The van der Waals surface area contributed by atoms with Crippen molar-refractivity contribution < 1.29 is 23.1 Å². The Morgan fingerprint density at radius 1 is 1.33 bits per heavy atom. The highest BCUT2D eigenvalue weighted by molar-refractivity contribution is 7.89. The van der Waals surface area contributed by atoms with Gasteiger partial charge in [-0.3, -0.25) is 0 Å². The van der Waals surface area contributed by atoms with Crippen LogP contribution < -0.4 is 4.72 Å². The van der Waals surface area contributed by atoms with Crippen LogP contribution in [0.15, 0.2) is 23.1 Å². The minimum atomic E-state index is -3.77. The molecule has 0 radical (unpaired) electrons. The van der Waals surface area contributed by atoms with Gasteiger partial charge in [0.05, 0.1) is 10.5 Å². The van der Waals surface area contributed by atoms with E-state index in [9.17, 15) is 13.2 Å². The summed E-state index contributed by atoms with van der Waals surface area (Å²) in [6.07, 6.45) is 1.17. The first-order valence-electron chi connectivity index (χ1n) is 6.69. The fourth-order valence-corrected chi connectivity index (χ4v) is 4.06. The van der Waals surface area contributed by atoms with Gasteiger partial charge in [-0.25, -0.2) is 17.9 Å². The topological polar surface area (TPSA) is 92.7 Å². The number of rotatable bonds is 4. The van der Waals surface area contributed by atoms with Gasteiger partial charge in [0.15, 0.2) is 0 Å². The average Bonchev–Trinajstić information content (AvgIpc) is 2.38. The van der Waals surface area contributed by atoms with Crippen LogP contribution in [0.4, 0.5) is 0 Å². The van der Waals surface area contributed by atoms with E-state index < -0.39 is 21.5 Å². The molecule has 0 bridgehead atoms. The van der Waals surface area contributed by atoms with Crippen LogP contribution >= 0.6 is 0 Å². The van der Waals surface area contributed by atoms with E-state index in [1.54, 1.807) is 6.92 Å². The second-order valence-corrected chi connectivity index (χ2v) is 7.21. The van der Waals surface area contributed by atoms with E-state index in [1.165, 1.54) is 18.2 Å². The third-order valence-corrected chi connectivity index (χ3v) is 5.48. The molecule has 0 unspecified atom stereocenters. The van der Waals surface area contributed by atoms with Gasteiger partial charge in [-0.1, -0.05) is 6.07 Å². The number of hydrogen-bond acceptors (Lipinski definition) is 4. The van der Waals surface area contributed by atoms with Gasteiger partial charge < -0.3 is 9.84 Å². The molecule has 0 saturated carbocycles. The normalized spacial score (nSPS) is 18.4. The van der Waals surface area contributed by atoms with Crippen LogP contribution in [0, 0.1) is 6.92 Å². The molecular weight excluding hydrogens is 294 g/mol. The fraction of sp³-hybridized carbons (Fsp3) is 0.500. The van der Waals surface area contributed by atoms with E-state index in [4.69, 9.17) is 9.84 Å². The van der Waals surface area contributed by atoms with Crippen LogP contribution in [0.3, 0.4) is 0 Å². The number of carboxylic acid groups (broad SMARTS) is 1. The quantitative estimate of drug-likeness (QED) is 0.879. The van der Waals surface area contributed by atoms with Gasteiger partial charge in [0.1, 0.15) is 0 Å². The molecule has 1 aliphatic rings. The van der Waals surface area contributed by atoms with E-state index in [2.05, 4.69) is 4.72 Å². The molecular formula is C14H19NO5S. The van der Waals surface area contributed by atoms with Gasteiger partial charge in [-0.2, -0.15) is 0 Å². The summed E-state index contributed by atoms with van der Waals surface area (Å²) < 4.78 is 33.1. The summed E-state index contributed by atoms with van der Waals surface area (Å²) in [5.74, 6) is -1.15. The van der Waals surface area contributed by atoms with Crippen LogP contribution in [0.2, 0.25) is 0 Å². The largest absolute Gasteiger partial charge is 0.478 e. The lowest BCUT2D eigenvalue weighted by Crippen LogP contribution is -2.49. The van der Waals surface area contributed by atoms with Gasteiger partial charge in [-0.15, -0.1) is 0 Å². The third-order valence-electron chi connectivity index (χ3n) is 3.70. The van der Waals surface area contributed by atoms with Gasteiger partial charge >= 0.3 is 5.97 Å². The Morgan fingerprint density at radius 3 is 2.52 bits per heavy atom. The average molecular weight is 313 g/mol. The van der Waals surface area contributed by atoms with Crippen LogP contribution in [-0.2, 0) is 14.8 Å². The molecule has 2 rings (SSSR count). The molecule has 0 spiro atoms. The van der Waals surface area contributed by atoms with E-state index in [1.807, 2.05) is 6.92 Å². The molecule has 1 aromatic rings. The van der Waals surface area contributed by atoms with Crippen molar-refractivity contribution >= 4 is 16.0 Å². The number of carboxylic acids is 1. The van der Waals surface area contributed by atoms with Crippen LogP contribution in [0.1, 0.15) is 35.7 Å². The molecule has 1 fully saturated rings. The summed E-state index contributed by atoms with van der Waals surface area (Å²) in [4.78, 5) is 11.0. The molecule has 1 saturated heterocycles. The minimum Gasteiger partial charge on any atom is -0.478 e. The maximum Gasteiger partial charge on any atom is 0.335 e. The standard InChI is InChI=1S/C14H19NO5S/c1-10-3-4-11(13(16)17)9-12(10)21(18,19)15-14(2)5-7-20-8-6-14/h3-4,9,15H,5-8H2,1-2H3,(H,16,17). The Bertz CT molecular complexity index is 647. The van der Waals surface area contributed by atoms with Crippen molar-refractivity contribution in [2.24, 2.45) is 0 Å². The molecule has 0 aliphatic carbocycles. The van der Waals surface area contributed by atoms with Crippen LogP contribution in [0.5, 0.6) is 0 Å². The number of benzene rings is 1. The fourth-order valence-electron chi connectivity index (χ4n) is 2.33. The predicted octanol–water partition coefficient (Wildman–Crippen LogP) is 1.54. The molecule has 21 heavy (non-hydrogen) atoms. The van der Waals surface area contributed by atoms with E-state index in [0.29, 0.717) is 31.6 Å². The smallest absolute Gasteiger partial charge is 0.335 e. The zero-order valence-electron chi connectivity index (χ0n) is 12.0. The number of ether oxygens (including phenoxy) is 1. The van der Waals surface area contributed by atoms with Crippen LogP contribution in [-0.4, -0.2) is 38.2 Å². The SMILES string of the molecule is Cc1ccc(C(=O)O)cc1S(=O)(=O)NC1(C)CCOCC1. The van der Waals surface area contributed by atoms with Crippen LogP contribution in [0.25, 0.3) is 0 Å². The Hall–Kier alpha value is -1.44. The van der Waals surface area contributed by atoms with Crippen molar-refractivity contribution in [2.75, 3.05) is 13.2 Å². The molecule has 0 amide bonds. The Morgan fingerprint density at radius 2 is 1.95 bits per heavy atom. The predicted molar refractivity (Wildman–Crippen MR) is 76.9 cm³/mol. The highest BCUT2D eigenvalue weighted by atomic mass is 32.2. The highest BCUT2D eigenvalue weighted by Gasteiger charge is 2.33. The molecule has 1 heterocycles. The molecule has 116 valence electrons. The summed E-state index contributed by atoms with van der Waals surface area (Å²) >= 11 is 0. The monoisotopic (exact) mass is 313 g/mol. The van der Waals surface area contributed by atoms with E-state index in [0.717, 1.165) is 0 Å². The summed E-state index contributed by atoms with van der Waals surface area (Å²) in [6, 6.07) is 4.10. The first-order valence-corrected chi connectivity index (χ1v) is 8.17. The second kappa shape index (κ2) is 5.75. The summed E-state index contributed by atoms with van der Waals surface area (Å²) in [6.45, 7) is 4.50. The number of carbonyl (C=O) groups is 1. The maximum atomic E-state index is 12.6. The zero-order chi connectivity index (χ0) is 15.7. The van der Waals surface area contributed by atoms with Gasteiger partial charge in [-0.05, 0) is 44.4 Å². The number of hydrogen-bond donors (Lipinski definition) is 2.